The van der Waals surface area contributed by atoms with Gasteiger partial charge in [0.15, 0.2) is 0 Å². The number of β-amino-alcohol motifs (C(OH)–C–C–N with tert-alkyl or cyclic N) is 1. The third-order valence-corrected chi connectivity index (χ3v) is 4.50. The van der Waals surface area contributed by atoms with Gasteiger partial charge in [0.1, 0.15) is 5.60 Å². The normalized spacial score (nSPS) is 23.5. The van der Waals surface area contributed by atoms with Crippen LogP contribution in [0.4, 0.5) is 0 Å². The number of amides is 1. The van der Waals surface area contributed by atoms with Gasteiger partial charge in [-0.2, -0.15) is 0 Å². The van der Waals surface area contributed by atoms with Crippen molar-refractivity contribution in [3.05, 3.63) is 62.7 Å². The van der Waals surface area contributed by atoms with Crippen LogP contribution >= 0.6 is 0 Å². The highest BCUT2D eigenvalue weighted by atomic mass is 16.3. The lowest BCUT2D eigenvalue weighted by Crippen LogP contribution is -2.56. The molecule has 1 saturated heterocycles. The van der Waals surface area contributed by atoms with Crippen molar-refractivity contribution in [3.63, 3.8) is 0 Å². The number of likely N-dealkylation sites (tertiary alicyclic amines) is 1. The van der Waals surface area contributed by atoms with Crippen molar-refractivity contribution >= 4 is 5.91 Å². The third-order valence-electron chi connectivity index (χ3n) is 4.50. The van der Waals surface area contributed by atoms with Crippen LogP contribution in [0.15, 0.2) is 40.3 Å². The topological polar surface area (TPSA) is 108 Å². The summed E-state index contributed by atoms with van der Waals surface area (Å²) in [5.41, 5.74) is -1.02. The van der Waals surface area contributed by atoms with E-state index in [2.05, 4.69) is 9.97 Å². The molecule has 0 radical (unpaired) electrons. The number of aliphatic hydroxyl groups is 1. The van der Waals surface area contributed by atoms with Gasteiger partial charge in [-0.3, -0.25) is 24.1 Å². The van der Waals surface area contributed by atoms with Gasteiger partial charge >= 0.3 is 5.69 Å². The second-order valence-corrected chi connectivity index (χ2v) is 6.66. The van der Waals surface area contributed by atoms with Crippen molar-refractivity contribution in [2.24, 2.45) is 0 Å². The number of aromatic nitrogens is 3. The Hall–Kier alpha value is -2.74. The number of carbonyl (C=O) groups is 1. The third kappa shape index (κ3) is 3.39. The van der Waals surface area contributed by atoms with Crippen LogP contribution in [0, 0.1) is 6.92 Å². The van der Waals surface area contributed by atoms with Gasteiger partial charge in [0.05, 0.1) is 18.2 Å². The first-order valence-corrected chi connectivity index (χ1v) is 8.03. The van der Waals surface area contributed by atoms with E-state index in [9.17, 15) is 19.5 Å². The van der Waals surface area contributed by atoms with Crippen LogP contribution in [0.5, 0.6) is 0 Å². The minimum atomic E-state index is -1.31. The van der Waals surface area contributed by atoms with Gasteiger partial charge in [0.2, 0.25) is 0 Å². The lowest BCUT2D eigenvalue weighted by Gasteiger charge is -2.43. The maximum atomic E-state index is 12.7. The van der Waals surface area contributed by atoms with Crippen LogP contribution < -0.4 is 11.2 Å². The molecule has 2 aromatic rings. The summed E-state index contributed by atoms with van der Waals surface area (Å²) in [6.45, 7) is 3.91. The average molecular weight is 344 g/mol. The minimum absolute atomic E-state index is 0.0794. The summed E-state index contributed by atoms with van der Waals surface area (Å²) >= 11 is 0. The summed E-state index contributed by atoms with van der Waals surface area (Å²) in [6, 6.07) is 2.47. The summed E-state index contributed by atoms with van der Waals surface area (Å²) in [5, 5.41) is 10.8. The number of nitrogens with zero attached hydrogens (tertiary/aromatic N) is 3. The molecule has 8 nitrogen and oxygen atoms in total. The number of piperidine rings is 1. The summed E-state index contributed by atoms with van der Waals surface area (Å²) in [5.74, 6) is -0.205. The zero-order valence-electron chi connectivity index (χ0n) is 14.1. The van der Waals surface area contributed by atoms with Crippen molar-refractivity contribution in [2.75, 3.05) is 13.1 Å². The van der Waals surface area contributed by atoms with Crippen LogP contribution in [0.25, 0.3) is 0 Å². The predicted molar refractivity (Wildman–Crippen MR) is 90.5 cm³/mol. The highest BCUT2D eigenvalue weighted by Gasteiger charge is 2.41. The molecule has 1 amide bonds. The number of aryl methyl sites for hydroxylation is 1. The van der Waals surface area contributed by atoms with Gasteiger partial charge in [0, 0.05) is 31.2 Å². The van der Waals surface area contributed by atoms with Crippen molar-refractivity contribution in [2.45, 2.75) is 31.9 Å². The van der Waals surface area contributed by atoms with Gasteiger partial charge < -0.3 is 10.0 Å². The van der Waals surface area contributed by atoms with Crippen molar-refractivity contribution < 1.29 is 9.90 Å². The van der Waals surface area contributed by atoms with E-state index >= 15 is 0 Å². The van der Waals surface area contributed by atoms with Crippen LogP contribution in [-0.2, 0) is 0 Å². The summed E-state index contributed by atoms with van der Waals surface area (Å²) in [7, 11) is 0. The first-order valence-electron chi connectivity index (χ1n) is 8.03. The van der Waals surface area contributed by atoms with E-state index in [0.717, 1.165) is 5.56 Å². The number of carbonyl (C=O) groups excluding carboxylic acids is 1. The van der Waals surface area contributed by atoms with Gasteiger partial charge in [-0.05, 0) is 31.9 Å². The Morgan fingerprint density at radius 2 is 2.16 bits per heavy atom. The minimum Gasteiger partial charge on any atom is -0.386 e. The molecule has 2 N–H and O–H groups in total. The number of aromatic amines is 1. The zero-order chi connectivity index (χ0) is 18.2. The van der Waals surface area contributed by atoms with E-state index in [0.29, 0.717) is 18.5 Å². The Bertz CT molecular complexity index is 915. The number of pyridine rings is 1. The molecule has 1 fully saturated rings. The molecule has 0 saturated carbocycles. The quantitative estimate of drug-likeness (QED) is 0.802. The van der Waals surface area contributed by atoms with E-state index in [1.807, 2.05) is 6.92 Å². The molecule has 2 aromatic heterocycles. The molecular formula is C17H20N4O4. The van der Waals surface area contributed by atoms with Gasteiger partial charge in [0.25, 0.3) is 11.5 Å². The largest absolute Gasteiger partial charge is 0.386 e. The molecule has 0 spiro atoms. The Kier molecular flexibility index (Phi) is 4.30. The molecule has 8 heteroatoms. The monoisotopic (exact) mass is 344 g/mol. The van der Waals surface area contributed by atoms with Crippen LogP contribution in [0.3, 0.4) is 0 Å². The molecule has 3 heterocycles. The summed E-state index contributed by atoms with van der Waals surface area (Å²) < 4.78 is 1.32. The highest BCUT2D eigenvalue weighted by Crippen LogP contribution is 2.31. The summed E-state index contributed by atoms with van der Waals surface area (Å²) in [6.07, 6.45) is 4.94. The maximum Gasteiger partial charge on any atom is 0.328 e. The van der Waals surface area contributed by atoms with Crippen LogP contribution in [0.1, 0.15) is 35.3 Å². The SMILES string of the molecule is Cc1cncc(C(=O)N2CC[C@@H](n3ccc(=O)[nH]c3=O)[C@](C)(O)C2)c1. The highest BCUT2D eigenvalue weighted by molar-refractivity contribution is 5.94. The van der Waals surface area contributed by atoms with Crippen molar-refractivity contribution in [1.29, 1.82) is 0 Å². The van der Waals surface area contributed by atoms with E-state index in [1.54, 1.807) is 24.1 Å². The average Bonchev–Trinajstić information content (AvgIpc) is 2.54. The molecule has 3 rings (SSSR count). The molecule has 2 atom stereocenters. The first-order chi connectivity index (χ1) is 11.8. The lowest BCUT2D eigenvalue weighted by molar-refractivity contribution is -0.0503. The van der Waals surface area contributed by atoms with Gasteiger partial charge in [-0.1, -0.05) is 0 Å². The van der Waals surface area contributed by atoms with E-state index in [1.165, 1.54) is 23.0 Å². The predicted octanol–water partition coefficient (Wildman–Crippen LogP) is 0.0782. The van der Waals surface area contributed by atoms with Crippen molar-refractivity contribution in [3.8, 4) is 0 Å². The summed E-state index contributed by atoms with van der Waals surface area (Å²) in [4.78, 5) is 43.7. The Morgan fingerprint density at radius 1 is 1.40 bits per heavy atom. The Labute approximate surface area is 143 Å². The Balaban J connectivity index is 1.84. The van der Waals surface area contributed by atoms with Crippen LogP contribution in [-0.4, -0.2) is 49.1 Å². The number of rotatable bonds is 2. The molecule has 0 aliphatic carbocycles. The first kappa shape index (κ1) is 17.1. The molecule has 132 valence electrons. The van der Waals surface area contributed by atoms with E-state index in [-0.39, 0.29) is 12.5 Å². The second-order valence-electron chi connectivity index (χ2n) is 6.66. The number of hydrogen-bond acceptors (Lipinski definition) is 5. The zero-order valence-corrected chi connectivity index (χ0v) is 14.1. The smallest absolute Gasteiger partial charge is 0.328 e. The fourth-order valence-corrected chi connectivity index (χ4v) is 3.30. The molecule has 0 aromatic carbocycles. The number of H-pyrrole nitrogens is 1. The molecule has 1 aliphatic heterocycles. The van der Waals surface area contributed by atoms with Gasteiger partial charge in [-0.15, -0.1) is 0 Å². The van der Waals surface area contributed by atoms with E-state index in [4.69, 9.17) is 0 Å². The molecule has 1 aliphatic rings. The van der Waals surface area contributed by atoms with Crippen molar-refractivity contribution in [1.82, 2.24) is 19.4 Å². The maximum absolute atomic E-state index is 12.7. The van der Waals surface area contributed by atoms with E-state index < -0.39 is 22.9 Å². The lowest BCUT2D eigenvalue weighted by atomic mass is 9.88. The van der Waals surface area contributed by atoms with Crippen LogP contribution in [0.2, 0.25) is 0 Å². The van der Waals surface area contributed by atoms with Gasteiger partial charge in [-0.25, -0.2) is 4.79 Å². The fourth-order valence-electron chi connectivity index (χ4n) is 3.30. The fraction of sp³-hybridized carbons (Fsp3) is 0.412. The molecule has 25 heavy (non-hydrogen) atoms. The standard InChI is InChI=1S/C17H20N4O4/c1-11-7-12(9-18-8-11)15(23)20-5-3-13(17(2,25)10-20)21-6-4-14(22)19-16(21)24/h4,6-9,13,25H,3,5,10H2,1-2H3,(H,19,22,24)/t13-,17-/m1/s1. The molecule has 0 unspecified atom stereocenters. The second kappa shape index (κ2) is 6.29. The molecule has 0 bridgehead atoms. The Morgan fingerprint density at radius 3 is 2.80 bits per heavy atom. The molecular weight excluding hydrogens is 324 g/mol. The number of hydrogen-bond donors (Lipinski definition) is 2. The number of nitrogens with one attached hydrogen (secondary N) is 1.